The molecule has 18 heavy (non-hydrogen) atoms. The molecule has 1 N–H and O–H groups in total. The van der Waals surface area contributed by atoms with Crippen molar-refractivity contribution < 1.29 is 9.90 Å². The second-order valence-electron chi connectivity index (χ2n) is 4.22. The van der Waals surface area contributed by atoms with Crippen molar-refractivity contribution in [3.8, 4) is 10.6 Å². The Balaban J connectivity index is 1.89. The summed E-state index contributed by atoms with van der Waals surface area (Å²) >= 11 is 5.00. The Morgan fingerprint density at radius 3 is 3.00 bits per heavy atom. The van der Waals surface area contributed by atoms with Crippen LogP contribution in [-0.4, -0.2) is 21.0 Å². The van der Waals surface area contributed by atoms with Crippen LogP contribution in [0.5, 0.6) is 0 Å². The van der Waals surface area contributed by atoms with E-state index in [1.54, 1.807) is 17.5 Å². The number of carboxylic acids is 1. The van der Waals surface area contributed by atoms with Gasteiger partial charge in [0, 0.05) is 22.0 Å². The summed E-state index contributed by atoms with van der Waals surface area (Å²) in [6.45, 7) is 0. The normalized spacial score (nSPS) is 21.8. The molecule has 92 valence electrons. The van der Waals surface area contributed by atoms with Gasteiger partial charge in [-0.15, -0.1) is 11.3 Å². The fourth-order valence-corrected chi connectivity index (χ4v) is 3.29. The van der Waals surface area contributed by atoms with Crippen molar-refractivity contribution in [3.63, 3.8) is 0 Å². The molecular formula is C12H9BrN2O2S. The molecule has 0 spiro atoms. The smallest absolute Gasteiger partial charge is 0.307 e. The lowest BCUT2D eigenvalue weighted by atomic mass is 10.2. The first-order valence-electron chi connectivity index (χ1n) is 5.45. The predicted molar refractivity (Wildman–Crippen MR) is 71.5 cm³/mol. The van der Waals surface area contributed by atoms with E-state index >= 15 is 0 Å². The lowest BCUT2D eigenvalue weighted by molar-refractivity contribution is -0.138. The molecule has 1 aliphatic rings. The standard InChI is InChI=1S/C12H9BrN2O2S/c13-6-3-10(18-5-6)9-1-2-14-11(15-9)7-4-8(7)12(16)17/h1-3,5,7-8H,4H2,(H,16,17). The Hall–Kier alpha value is -1.27. The van der Waals surface area contributed by atoms with E-state index in [9.17, 15) is 4.79 Å². The van der Waals surface area contributed by atoms with E-state index in [1.165, 1.54) is 0 Å². The Bertz CT molecular complexity index is 614. The molecule has 0 bridgehead atoms. The van der Waals surface area contributed by atoms with Crippen LogP contribution >= 0.6 is 27.3 Å². The number of aliphatic carboxylic acids is 1. The minimum Gasteiger partial charge on any atom is -0.481 e. The number of rotatable bonds is 3. The van der Waals surface area contributed by atoms with Crippen LogP contribution < -0.4 is 0 Å². The average molecular weight is 325 g/mol. The van der Waals surface area contributed by atoms with Crippen molar-refractivity contribution in [2.75, 3.05) is 0 Å². The zero-order chi connectivity index (χ0) is 12.7. The molecule has 2 unspecified atom stereocenters. The molecule has 2 aromatic rings. The molecule has 4 nitrogen and oxygen atoms in total. The molecule has 0 radical (unpaired) electrons. The molecule has 2 atom stereocenters. The van der Waals surface area contributed by atoms with E-state index in [-0.39, 0.29) is 11.8 Å². The highest BCUT2D eigenvalue weighted by Gasteiger charge is 2.46. The highest BCUT2D eigenvalue weighted by molar-refractivity contribution is 9.10. The van der Waals surface area contributed by atoms with Crippen molar-refractivity contribution in [1.29, 1.82) is 0 Å². The molecule has 2 heterocycles. The summed E-state index contributed by atoms with van der Waals surface area (Å²) in [5.74, 6) is -0.446. The zero-order valence-electron chi connectivity index (χ0n) is 9.21. The molecule has 2 aromatic heterocycles. The molecule has 1 fully saturated rings. The van der Waals surface area contributed by atoms with E-state index in [1.807, 2.05) is 17.5 Å². The second-order valence-corrected chi connectivity index (χ2v) is 6.04. The first-order valence-corrected chi connectivity index (χ1v) is 7.12. The molecule has 0 aromatic carbocycles. The Morgan fingerprint density at radius 2 is 2.39 bits per heavy atom. The SMILES string of the molecule is O=C(O)C1CC1c1nccc(-c2cc(Br)cs2)n1. The van der Waals surface area contributed by atoms with Gasteiger partial charge in [-0.3, -0.25) is 4.79 Å². The van der Waals surface area contributed by atoms with Gasteiger partial charge in [-0.1, -0.05) is 0 Å². The van der Waals surface area contributed by atoms with Gasteiger partial charge in [-0.05, 0) is 34.5 Å². The summed E-state index contributed by atoms with van der Waals surface area (Å²) in [6.07, 6.45) is 2.34. The van der Waals surface area contributed by atoms with E-state index in [2.05, 4.69) is 25.9 Å². The molecule has 6 heteroatoms. The number of hydrogen-bond donors (Lipinski definition) is 1. The van der Waals surface area contributed by atoms with Crippen molar-refractivity contribution in [3.05, 3.63) is 34.0 Å². The number of hydrogen-bond acceptors (Lipinski definition) is 4. The van der Waals surface area contributed by atoms with Crippen LogP contribution in [0, 0.1) is 5.92 Å². The van der Waals surface area contributed by atoms with Crippen molar-refractivity contribution in [2.24, 2.45) is 5.92 Å². The van der Waals surface area contributed by atoms with Gasteiger partial charge in [0.05, 0.1) is 16.5 Å². The maximum Gasteiger partial charge on any atom is 0.307 e. The lowest BCUT2D eigenvalue weighted by Crippen LogP contribution is -2.01. The van der Waals surface area contributed by atoms with E-state index in [0.29, 0.717) is 12.2 Å². The third kappa shape index (κ3) is 2.18. The minimum absolute atomic E-state index is 0.0224. The number of carboxylic acid groups (broad SMARTS) is 1. The monoisotopic (exact) mass is 324 g/mol. The lowest BCUT2D eigenvalue weighted by Gasteiger charge is -2.00. The summed E-state index contributed by atoms with van der Waals surface area (Å²) < 4.78 is 1.03. The number of carbonyl (C=O) groups is 1. The van der Waals surface area contributed by atoms with Gasteiger partial charge >= 0.3 is 5.97 Å². The Kier molecular flexibility index (Phi) is 2.91. The highest BCUT2D eigenvalue weighted by atomic mass is 79.9. The van der Waals surface area contributed by atoms with Crippen LogP contribution in [-0.2, 0) is 4.79 Å². The van der Waals surface area contributed by atoms with Crippen molar-refractivity contribution in [2.45, 2.75) is 12.3 Å². The van der Waals surface area contributed by atoms with Crippen molar-refractivity contribution >= 4 is 33.2 Å². The van der Waals surface area contributed by atoms with E-state index < -0.39 is 5.97 Å². The van der Waals surface area contributed by atoms with Gasteiger partial charge < -0.3 is 5.11 Å². The fourth-order valence-electron chi connectivity index (χ4n) is 1.89. The van der Waals surface area contributed by atoms with Crippen LogP contribution in [0.25, 0.3) is 10.6 Å². The largest absolute Gasteiger partial charge is 0.481 e. The van der Waals surface area contributed by atoms with Gasteiger partial charge in [-0.25, -0.2) is 9.97 Å². The van der Waals surface area contributed by atoms with Gasteiger partial charge in [0.2, 0.25) is 0 Å². The summed E-state index contributed by atoms with van der Waals surface area (Å²) in [5.41, 5.74) is 0.853. The first-order chi connectivity index (χ1) is 8.65. The molecule has 1 aliphatic carbocycles. The minimum atomic E-state index is -0.757. The van der Waals surface area contributed by atoms with Gasteiger partial charge in [0.25, 0.3) is 0 Å². The van der Waals surface area contributed by atoms with Crippen LogP contribution in [0.4, 0.5) is 0 Å². The quantitative estimate of drug-likeness (QED) is 0.941. The highest BCUT2D eigenvalue weighted by Crippen LogP contribution is 2.46. The van der Waals surface area contributed by atoms with Crippen LogP contribution in [0.3, 0.4) is 0 Å². The number of nitrogens with zero attached hydrogens (tertiary/aromatic N) is 2. The number of thiophene rings is 1. The predicted octanol–water partition coefficient (Wildman–Crippen LogP) is 3.16. The summed E-state index contributed by atoms with van der Waals surface area (Å²) in [5, 5.41) is 10.9. The molecule has 1 saturated carbocycles. The van der Waals surface area contributed by atoms with Gasteiger partial charge in [0.1, 0.15) is 5.82 Å². The van der Waals surface area contributed by atoms with E-state index in [4.69, 9.17) is 5.11 Å². The fraction of sp³-hybridized carbons (Fsp3) is 0.250. The summed E-state index contributed by atoms with van der Waals surface area (Å²) in [4.78, 5) is 20.5. The maximum absolute atomic E-state index is 10.8. The Morgan fingerprint density at radius 1 is 1.56 bits per heavy atom. The molecule has 0 amide bonds. The molecule has 3 rings (SSSR count). The van der Waals surface area contributed by atoms with Gasteiger partial charge in [0.15, 0.2) is 0 Å². The number of halogens is 1. The third-order valence-electron chi connectivity index (χ3n) is 2.93. The second kappa shape index (κ2) is 4.44. The number of aromatic nitrogens is 2. The topological polar surface area (TPSA) is 63.1 Å². The summed E-state index contributed by atoms with van der Waals surface area (Å²) in [7, 11) is 0. The average Bonchev–Trinajstić information content (AvgIpc) is 3.06. The van der Waals surface area contributed by atoms with E-state index in [0.717, 1.165) is 15.0 Å². The van der Waals surface area contributed by atoms with Crippen molar-refractivity contribution in [1.82, 2.24) is 9.97 Å². The Labute approximate surface area is 116 Å². The molecular weight excluding hydrogens is 316 g/mol. The first kappa shape index (κ1) is 11.8. The summed E-state index contributed by atoms with van der Waals surface area (Å²) in [6, 6.07) is 3.85. The third-order valence-corrected chi connectivity index (χ3v) is 4.65. The molecule has 0 saturated heterocycles. The van der Waals surface area contributed by atoms with Crippen LogP contribution in [0.15, 0.2) is 28.2 Å². The zero-order valence-corrected chi connectivity index (χ0v) is 11.6. The maximum atomic E-state index is 10.8. The van der Waals surface area contributed by atoms with Crippen LogP contribution in [0.2, 0.25) is 0 Å². The molecule has 0 aliphatic heterocycles. The van der Waals surface area contributed by atoms with Crippen LogP contribution in [0.1, 0.15) is 18.2 Å². The van der Waals surface area contributed by atoms with Gasteiger partial charge in [-0.2, -0.15) is 0 Å².